The Bertz CT molecular complexity index is 814. The molecule has 234 valence electrons. The van der Waals surface area contributed by atoms with Crippen LogP contribution in [0.3, 0.4) is 0 Å². The summed E-state index contributed by atoms with van der Waals surface area (Å²) in [6.07, 6.45) is -0.877. The molecule has 0 spiro atoms. The van der Waals surface area contributed by atoms with E-state index in [1.165, 1.54) is 32.1 Å². The monoisotopic (exact) mass is 595 g/mol. The Morgan fingerprint density at radius 3 is 2.15 bits per heavy atom. The maximum Gasteiger partial charge on any atom is 0.333 e. The Morgan fingerprint density at radius 2 is 1.62 bits per heavy atom. The van der Waals surface area contributed by atoms with Crippen LogP contribution in [-0.4, -0.2) is 114 Å². The topological polar surface area (TPSA) is 128 Å². The minimum atomic E-state index is -3.57. The zero-order valence-corrected chi connectivity index (χ0v) is 26.3. The van der Waals surface area contributed by atoms with Gasteiger partial charge >= 0.3 is 7.60 Å². The van der Waals surface area contributed by atoms with E-state index in [0.29, 0.717) is 25.4 Å². The summed E-state index contributed by atoms with van der Waals surface area (Å²) in [7, 11) is -0.524. The van der Waals surface area contributed by atoms with Crippen molar-refractivity contribution in [3.8, 4) is 0 Å². The average molecular weight is 596 g/mol. The number of rotatable bonds is 22. The number of ketones is 1. The van der Waals surface area contributed by atoms with Gasteiger partial charge in [-0.1, -0.05) is 13.3 Å². The van der Waals surface area contributed by atoms with Gasteiger partial charge in [-0.25, -0.2) is 0 Å². The maximum absolute atomic E-state index is 13.6. The second-order valence-corrected chi connectivity index (χ2v) is 11.4. The molecule has 0 radical (unpaired) electrons. The van der Waals surface area contributed by atoms with Crippen LogP contribution in [0.4, 0.5) is 0 Å². The third-order valence-corrected chi connectivity index (χ3v) is 8.35. The fourth-order valence-electron chi connectivity index (χ4n) is 4.16. The number of carbonyl (C=O) groups excluding carboxylic acids is 2. The Morgan fingerprint density at radius 1 is 0.950 bits per heavy atom. The third-order valence-electron chi connectivity index (χ3n) is 6.24. The summed E-state index contributed by atoms with van der Waals surface area (Å²) in [5.41, 5.74) is 0.362. The summed E-state index contributed by atoms with van der Waals surface area (Å²) < 4.78 is 60.1. The Balaban J connectivity index is 3.43. The Labute approximate surface area is 239 Å². The lowest BCUT2D eigenvalue weighted by molar-refractivity contribution is -0.152. The number of methoxy groups -OCH3 is 2. The molecule has 0 aliphatic carbocycles. The van der Waals surface area contributed by atoms with Gasteiger partial charge < -0.3 is 37.5 Å². The van der Waals surface area contributed by atoms with Crippen LogP contribution in [0.5, 0.6) is 0 Å². The highest BCUT2D eigenvalue weighted by molar-refractivity contribution is 7.53. The lowest BCUT2D eigenvalue weighted by atomic mass is 10.1. The van der Waals surface area contributed by atoms with Gasteiger partial charge in [-0.2, -0.15) is 0 Å². The molecular weight excluding hydrogens is 545 g/mol. The fourth-order valence-corrected chi connectivity index (χ4v) is 5.99. The Kier molecular flexibility index (Phi) is 18.2. The van der Waals surface area contributed by atoms with Crippen molar-refractivity contribution in [2.45, 2.75) is 85.0 Å². The van der Waals surface area contributed by atoms with Crippen molar-refractivity contribution in [2.24, 2.45) is 0 Å². The van der Waals surface area contributed by atoms with E-state index in [4.69, 9.17) is 37.5 Å². The first kappa shape index (κ1) is 36.8. The van der Waals surface area contributed by atoms with Gasteiger partial charge in [-0.3, -0.25) is 19.1 Å². The van der Waals surface area contributed by atoms with Crippen LogP contribution in [0.25, 0.3) is 0 Å². The molecule has 1 fully saturated rings. The van der Waals surface area contributed by atoms with Gasteiger partial charge in [0.15, 0.2) is 12.0 Å². The van der Waals surface area contributed by atoms with Crippen molar-refractivity contribution in [3.05, 3.63) is 11.8 Å². The van der Waals surface area contributed by atoms with E-state index in [1.807, 2.05) is 0 Å². The highest BCUT2D eigenvalue weighted by atomic mass is 31.2. The first-order valence-electron chi connectivity index (χ1n) is 13.9. The summed E-state index contributed by atoms with van der Waals surface area (Å²) in [5.74, 6) is -0.558. The molecule has 5 atom stereocenters. The van der Waals surface area contributed by atoms with Gasteiger partial charge in [0.2, 0.25) is 5.91 Å². The molecule has 12 nitrogen and oxygen atoms in total. The number of ether oxygens (including phenoxy) is 6. The van der Waals surface area contributed by atoms with Gasteiger partial charge in [0, 0.05) is 39.5 Å². The first-order valence-corrected chi connectivity index (χ1v) is 15.7. The molecule has 1 saturated heterocycles. The molecule has 1 amide bonds. The molecule has 0 aromatic heterocycles. The molecular formula is C27H50NO11P. The maximum atomic E-state index is 13.6. The lowest BCUT2D eigenvalue weighted by Gasteiger charge is -2.30. The van der Waals surface area contributed by atoms with Crippen molar-refractivity contribution < 1.29 is 51.6 Å². The predicted octanol–water partition coefficient (Wildman–Crippen LogP) is 3.57. The number of hydrogen-bond acceptors (Lipinski definition) is 11. The number of hydrogen-bond donors (Lipinski definition) is 0. The minimum Gasteiger partial charge on any atom is -0.382 e. The average Bonchev–Trinajstić information content (AvgIpc) is 3.26. The zero-order valence-electron chi connectivity index (χ0n) is 25.4. The lowest BCUT2D eigenvalue weighted by Crippen LogP contribution is -2.47. The van der Waals surface area contributed by atoms with Crippen molar-refractivity contribution >= 4 is 19.3 Å². The standard InChI is InChI=1S/C27H50NO11P/c1-9-12-13-34-15-17-35-23(19-40(31,37-10-2)38-11-3)24-25(33-8)26(36-16-14-32-7)27(39-24)28(22(6)30)18-20(4)21(5)29/h18,23-27H,9-17,19H2,1-8H3/b20-18-/t23-,24+,25+,26+,27+/m0/s1. The van der Waals surface area contributed by atoms with E-state index in [1.54, 1.807) is 27.9 Å². The molecule has 1 rings (SSSR count). The number of amides is 1. The van der Waals surface area contributed by atoms with Gasteiger partial charge in [0.05, 0.1) is 51.9 Å². The summed E-state index contributed by atoms with van der Waals surface area (Å²) in [6.45, 7) is 11.9. The van der Waals surface area contributed by atoms with E-state index >= 15 is 0 Å². The zero-order chi connectivity index (χ0) is 30.1. The molecule has 0 aromatic carbocycles. The number of unbranched alkanes of at least 4 members (excludes halogenated alkanes) is 1. The van der Waals surface area contributed by atoms with E-state index in [0.717, 1.165) is 12.8 Å². The highest BCUT2D eigenvalue weighted by Gasteiger charge is 2.53. The second kappa shape index (κ2) is 19.8. The normalized spacial score (nSPS) is 22.4. The SMILES string of the molecule is CCCCOCCO[C@@H](CP(=O)(OCC)OCC)[C@H]1O[C@@H](N(/C=C(/C)C(C)=O)C(C)=O)[C@H](OCCOC)[C@@H]1OC. The van der Waals surface area contributed by atoms with Gasteiger partial charge in [0.25, 0.3) is 0 Å². The van der Waals surface area contributed by atoms with E-state index < -0.39 is 38.2 Å². The van der Waals surface area contributed by atoms with Crippen molar-refractivity contribution in [1.82, 2.24) is 4.90 Å². The largest absolute Gasteiger partial charge is 0.382 e. The number of nitrogens with zero attached hydrogens (tertiary/aromatic N) is 1. The molecule has 0 saturated carbocycles. The summed E-state index contributed by atoms with van der Waals surface area (Å²) in [5, 5.41) is 0. The van der Waals surface area contributed by atoms with E-state index in [-0.39, 0.29) is 44.3 Å². The van der Waals surface area contributed by atoms with Gasteiger partial charge in [-0.15, -0.1) is 0 Å². The molecule has 0 unspecified atom stereocenters. The molecule has 1 aliphatic heterocycles. The summed E-state index contributed by atoms with van der Waals surface area (Å²) in [4.78, 5) is 26.1. The highest BCUT2D eigenvalue weighted by Crippen LogP contribution is 2.50. The first-order chi connectivity index (χ1) is 19.1. The molecule has 0 N–H and O–H groups in total. The second-order valence-electron chi connectivity index (χ2n) is 9.32. The molecule has 0 aromatic rings. The van der Waals surface area contributed by atoms with Crippen LogP contribution < -0.4 is 0 Å². The Hall–Kier alpha value is -1.21. The van der Waals surface area contributed by atoms with E-state index in [2.05, 4.69) is 6.92 Å². The fraction of sp³-hybridized carbons (Fsp3) is 0.852. The van der Waals surface area contributed by atoms with Crippen molar-refractivity contribution in [2.75, 3.05) is 66.6 Å². The van der Waals surface area contributed by atoms with Crippen LogP contribution >= 0.6 is 7.60 Å². The molecule has 1 aliphatic rings. The molecule has 13 heteroatoms. The van der Waals surface area contributed by atoms with Crippen LogP contribution in [-0.2, 0) is 51.6 Å². The van der Waals surface area contributed by atoms with E-state index in [9.17, 15) is 14.2 Å². The molecule has 1 heterocycles. The van der Waals surface area contributed by atoms with Crippen LogP contribution in [0.15, 0.2) is 11.8 Å². The van der Waals surface area contributed by atoms with Gasteiger partial charge in [0.1, 0.15) is 18.3 Å². The number of allylic oxidation sites excluding steroid dienone is 1. The molecule has 0 bridgehead atoms. The number of Topliss-reactive ketones (excluding diaryl/α,β-unsaturated/α-hetero) is 1. The van der Waals surface area contributed by atoms with Crippen LogP contribution in [0.2, 0.25) is 0 Å². The number of carbonyl (C=O) groups is 2. The van der Waals surface area contributed by atoms with Crippen molar-refractivity contribution in [1.29, 1.82) is 0 Å². The summed E-state index contributed by atoms with van der Waals surface area (Å²) in [6, 6.07) is 0. The van der Waals surface area contributed by atoms with Crippen LogP contribution in [0, 0.1) is 0 Å². The smallest absolute Gasteiger partial charge is 0.333 e. The quantitative estimate of drug-likeness (QED) is 0.104. The minimum absolute atomic E-state index is 0.117. The predicted molar refractivity (Wildman–Crippen MR) is 149 cm³/mol. The third kappa shape index (κ3) is 12.0. The van der Waals surface area contributed by atoms with Crippen molar-refractivity contribution in [3.63, 3.8) is 0 Å². The molecule has 40 heavy (non-hydrogen) atoms. The van der Waals surface area contributed by atoms with Crippen LogP contribution in [0.1, 0.15) is 54.4 Å². The van der Waals surface area contributed by atoms with Gasteiger partial charge in [-0.05, 0) is 34.1 Å². The summed E-state index contributed by atoms with van der Waals surface area (Å²) >= 11 is 0.